The van der Waals surface area contributed by atoms with Gasteiger partial charge < -0.3 is 0 Å². The lowest BCUT2D eigenvalue weighted by Gasteiger charge is -2.34. The number of unbranched alkanes of at least 4 members (excludes halogenated alkanes) is 3. The average molecular weight is 278 g/mol. The van der Waals surface area contributed by atoms with Crippen LogP contribution in [-0.2, 0) is 0 Å². The van der Waals surface area contributed by atoms with Crippen molar-refractivity contribution in [2.75, 3.05) is 0 Å². The van der Waals surface area contributed by atoms with Crippen molar-refractivity contribution in [3.8, 4) is 0 Å². The maximum absolute atomic E-state index is 2.50. The molecule has 0 radical (unpaired) electrons. The molecule has 3 unspecified atom stereocenters. The Morgan fingerprint density at radius 2 is 1.30 bits per heavy atom. The molecule has 3 atom stereocenters. The Balaban J connectivity index is 4.67. The summed E-state index contributed by atoms with van der Waals surface area (Å²) in [5.74, 6) is 3.84. The van der Waals surface area contributed by atoms with Gasteiger partial charge in [0, 0.05) is 0 Å². The van der Waals surface area contributed by atoms with E-state index in [1.54, 1.807) is 0 Å². The van der Waals surface area contributed by atoms with E-state index in [0.29, 0.717) is 5.82 Å². The normalized spacial score (nSPS) is 16.9. The summed E-state index contributed by atoms with van der Waals surface area (Å²) in [6.07, 6.45) is 10.2. The highest BCUT2D eigenvalue weighted by Gasteiger charge is 2.34. The fourth-order valence-electron chi connectivity index (χ4n) is 3.28. The van der Waals surface area contributed by atoms with Crippen molar-refractivity contribution >= 4 is 6.71 Å². The fourth-order valence-corrected chi connectivity index (χ4v) is 3.28. The monoisotopic (exact) mass is 278 g/mol. The second-order valence-electron chi connectivity index (χ2n) is 7.57. The van der Waals surface area contributed by atoms with Crippen LogP contribution in [0.5, 0.6) is 0 Å². The second-order valence-corrected chi connectivity index (χ2v) is 7.57. The highest BCUT2D eigenvalue weighted by molar-refractivity contribution is 6.64. The SMILES string of the molecule is CCCCC/C=C/C(C)B(C(C)C(C)C)C(C)C(C)C. The number of hydrogen-bond acceptors (Lipinski definition) is 0. The fraction of sp³-hybridized carbons (Fsp3) is 0.895. The zero-order chi connectivity index (χ0) is 15.7. The molecule has 0 fully saturated rings. The largest absolute Gasteiger partial charge is 0.153 e. The van der Waals surface area contributed by atoms with Gasteiger partial charge in [-0.2, -0.15) is 0 Å². The van der Waals surface area contributed by atoms with Gasteiger partial charge in [0.15, 0.2) is 6.71 Å². The molecule has 118 valence electrons. The van der Waals surface area contributed by atoms with Crippen LogP contribution in [0.1, 0.15) is 81.1 Å². The lowest BCUT2D eigenvalue weighted by molar-refractivity contribution is 0.555. The van der Waals surface area contributed by atoms with Crippen LogP contribution in [0.25, 0.3) is 0 Å². The number of rotatable bonds is 10. The van der Waals surface area contributed by atoms with E-state index in [4.69, 9.17) is 0 Å². The molecule has 20 heavy (non-hydrogen) atoms. The summed E-state index contributed by atoms with van der Waals surface area (Å²) < 4.78 is 0. The standard InChI is InChI=1S/C19H39B/c1-9-10-11-12-13-14-17(6)20(18(7)15(2)3)19(8)16(4)5/h13-19H,9-12H2,1-8H3/b14-13+. The summed E-state index contributed by atoms with van der Waals surface area (Å²) in [6.45, 7) is 19.9. The Hall–Kier alpha value is -0.195. The molecule has 0 heterocycles. The van der Waals surface area contributed by atoms with E-state index in [1.807, 2.05) is 0 Å². The molecular weight excluding hydrogens is 239 g/mol. The summed E-state index contributed by atoms with van der Waals surface area (Å²) in [5, 5.41) is 0. The molecule has 0 amide bonds. The predicted octanol–water partition coefficient (Wildman–Crippen LogP) is 7.10. The molecule has 0 aliphatic rings. The van der Waals surface area contributed by atoms with Crippen molar-refractivity contribution in [1.82, 2.24) is 0 Å². The maximum atomic E-state index is 2.50. The molecule has 0 aliphatic heterocycles. The molecule has 1 heteroatoms. The first-order chi connectivity index (χ1) is 9.32. The third kappa shape index (κ3) is 7.00. The van der Waals surface area contributed by atoms with Gasteiger partial charge in [-0.05, 0) is 18.7 Å². The van der Waals surface area contributed by atoms with Gasteiger partial charge in [0.05, 0.1) is 0 Å². The Labute approximate surface area is 129 Å². The Bertz CT molecular complexity index is 240. The third-order valence-corrected chi connectivity index (χ3v) is 5.34. The first kappa shape index (κ1) is 19.8. The quantitative estimate of drug-likeness (QED) is 0.227. The van der Waals surface area contributed by atoms with E-state index < -0.39 is 0 Å². The molecule has 0 aliphatic carbocycles. The van der Waals surface area contributed by atoms with Gasteiger partial charge >= 0.3 is 0 Å². The molecule has 0 saturated carbocycles. The van der Waals surface area contributed by atoms with Crippen LogP contribution in [0, 0.1) is 11.8 Å². The molecule has 0 rings (SSSR count). The van der Waals surface area contributed by atoms with E-state index in [1.165, 1.54) is 25.7 Å². The van der Waals surface area contributed by atoms with E-state index in [-0.39, 0.29) is 0 Å². The molecule has 0 bridgehead atoms. The van der Waals surface area contributed by atoms with Crippen LogP contribution in [0.3, 0.4) is 0 Å². The Morgan fingerprint density at radius 1 is 0.800 bits per heavy atom. The first-order valence-electron chi connectivity index (χ1n) is 8.99. The molecule has 0 N–H and O–H groups in total. The number of allylic oxidation sites excluding steroid dienone is 2. The van der Waals surface area contributed by atoms with Gasteiger partial charge in [-0.15, -0.1) is 0 Å². The van der Waals surface area contributed by atoms with Gasteiger partial charge in [0.25, 0.3) is 0 Å². The van der Waals surface area contributed by atoms with Gasteiger partial charge in [-0.3, -0.25) is 0 Å². The lowest BCUT2D eigenvalue weighted by atomic mass is 9.26. The summed E-state index contributed by atoms with van der Waals surface area (Å²) in [4.78, 5) is 0. The van der Waals surface area contributed by atoms with Crippen molar-refractivity contribution in [1.29, 1.82) is 0 Å². The molecular formula is C19H39B. The second kappa shape index (κ2) is 10.5. The first-order valence-corrected chi connectivity index (χ1v) is 8.99. The molecule has 0 nitrogen and oxygen atoms in total. The lowest BCUT2D eigenvalue weighted by Crippen LogP contribution is -2.33. The highest BCUT2D eigenvalue weighted by Crippen LogP contribution is 2.39. The van der Waals surface area contributed by atoms with Crippen LogP contribution in [0.15, 0.2) is 12.2 Å². The van der Waals surface area contributed by atoms with Crippen LogP contribution in [-0.4, -0.2) is 6.71 Å². The van der Waals surface area contributed by atoms with E-state index in [9.17, 15) is 0 Å². The van der Waals surface area contributed by atoms with Crippen molar-refractivity contribution in [2.24, 2.45) is 11.8 Å². The minimum atomic E-state index is 0.700. The molecule has 0 aromatic carbocycles. The highest BCUT2D eigenvalue weighted by atomic mass is 14.2. The predicted molar refractivity (Wildman–Crippen MR) is 97.0 cm³/mol. The van der Waals surface area contributed by atoms with E-state index in [0.717, 1.165) is 30.2 Å². The van der Waals surface area contributed by atoms with Gasteiger partial charge in [-0.25, -0.2) is 0 Å². The summed E-state index contributed by atoms with van der Waals surface area (Å²) >= 11 is 0. The molecule has 0 aromatic rings. The molecule has 0 aromatic heterocycles. The summed E-state index contributed by atoms with van der Waals surface area (Å²) in [5.41, 5.74) is 0. The average Bonchev–Trinajstić information content (AvgIpc) is 2.38. The van der Waals surface area contributed by atoms with E-state index in [2.05, 4.69) is 67.5 Å². The third-order valence-electron chi connectivity index (χ3n) is 5.34. The molecule has 0 saturated heterocycles. The van der Waals surface area contributed by atoms with Crippen molar-refractivity contribution in [3.05, 3.63) is 12.2 Å². The Kier molecular flexibility index (Phi) is 10.4. The minimum Gasteiger partial charge on any atom is -0.0929 e. The zero-order valence-electron chi connectivity index (χ0n) is 15.4. The summed E-state index contributed by atoms with van der Waals surface area (Å²) in [6, 6.07) is 0. The van der Waals surface area contributed by atoms with Crippen molar-refractivity contribution in [3.63, 3.8) is 0 Å². The van der Waals surface area contributed by atoms with E-state index >= 15 is 0 Å². The van der Waals surface area contributed by atoms with Crippen LogP contribution >= 0.6 is 0 Å². The number of hydrogen-bond donors (Lipinski definition) is 0. The van der Waals surface area contributed by atoms with Crippen LogP contribution < -0.4 is 0 Å². The zero-order valence-corrected chi connectivity index (χ0v) is 15.4. The van der Waals surface area contributed by atoms with Crippen LogP contribution in [0.4, 0.5) is 0 Å². The van der Waals surface area contributed by atoms with Gasteiger partial charge in [0.2, 0.25) is 0 Å². The van der Waals surface area contributed by atoms with Crippen LogP contribution in [0.2, 0.25) is 17.5 Å². The van der Waals surface area contributed by atoms with Crippen molar-refractivity contribution < 1.29 is 0 Å². The smallest absolute Gasteiger partial charge is 0.0929 e. The van der Waals surface area contributed by atoms with Crippen molar-refractivity contribution in [2.45, 2.75) is 98.5 Å². The maximum Gasteiger partial charge on any atom is 0.153 e. The molecule has 0 spiro atoms. The van der Waals surface area contributed by atoms with Gasteiger partial charge in [-0.1, -0.05) is 104 Å². The Morgan fingerprint density at radius 3 is 1.70 bits per heavy atom. The minimum absolute atomic E-state index is 0.700. The topological polar surface area (TPSA) is 0 Å². The van der Waals surface area contributed by atoms with Gasteiger partial charge in [0.1, 0.15) is 0 Å². The summed E-state index contributed by atoms with van der Waals surface area (Å²) in [7, 11) is 0.